The van der Waals surface area contributed by atoms with Crippen LogP contribution in [0.3, 0.4) is 0 Å². The molecule has 38 heavy (non-hydrogen) atoms. The van der Waals surface area contributed by atoms with Gasteiger partial charge < -0.3 is 18.9 Å². The van der Waals surface area contributed by atoms with E-state index in [0.29, 0.717) is 19.8 Å². The monoisotopic (exact) mass is 506 g/mol. The summed E-state index contributed by atoms with van der Waals surface area (Å²) in [4.78, 5) is 0. The molecule has 0 radical (unpaired) electrons. The van der Waals surface area contributed by atoms with Gasteiger partial charge in [0.1, 0.15) is 41.8 Å². The van der Waals surface area contributed by atoms with Crippen molar-refractivity contribution in [3.8, 4) is 23.0 Å². The molecule has 0 amide bonds. The lowest BCUT2D eigenvalue weighted by molar-refractivity contribution is 0.0826. The van der Waals surface area contributed by atoms with E-state index < -0.39 is 0 Å². The van der Waals surface area contributed by atoms with Crippen molar-refractivity contribution in [2.75, 3.05) is 6.61 Å². The second-order valence-corrected chi connectivity index (χ2v) is 10.9. The van der Waals surface area contributed by atoms with Gasteiger partial charge in [0.25, 0.3) is 0 Å². The second kappa shape index (κ2) is 10.4. The number of ether oxygens (including phenoxy) is 4. The van der Waals surface area contributed by atoms with Crippen molar-refractivity contribution in [2.24, 2.45) is 0 Å². The Labute approximate surface area is 225 Å². The fourth-order valence-electron chi connectivity index (χ4n) is 5.36. The maximum absolute atomic E-state index is 6.44. The molecule has 0 spiro atoms. The maximum Gasteiger partial charge on any atom is 0.129 e. The highest BCUT2D eigenvalue weighted by atomic mass is 16.5. The zero-order valence-corrected chi connectivity index (χ0v) is 22.1. The first-order valence-electron chi connectivity index (χ1n) is 13.5. The number of benzene rings is 4. The predicted octanol–water partition coefficient (Wildman–Crippen LogP) is 7.67. The van der Waals surface area contributed by atoms with Crippen LogP contribution in [0.4, 0.5) is 0 Å². The smallest absolute Gasteiger partial charge is 0.129 e. The Hall–Kier alpha value is -3.92. The minimum Gasteiger partial charge on any atom is -0.492 e. The lowest BCUT2D eigenvalue weighted by atomic mass is 9.86. The summed E-state index contributed by atoms with van der Waals surface area (Å²) in [6.07, 6.45) is 2.87. The molecule has 0 saturated carbocycles. The van der Waals surface area contributed by atoms with Gasteiger partial charge in [-0.15, -0.1) is 0 Å². The van der Waals surface area contributed by atoms with E-state index in [1.807, 2.05) is 48.5 Å². The van der Waals surface area contributed by atoms with Crippen LogP contribution in [0.15, 0.2) is 91.0 Å². The van der Waals surface area contributed by atoms with Crippen LogP contribution in [-0.4, -0.2) is 12.2 Å². The Balaban J connectivity index is 1.25. The fourth-order valence-corrected chi connectivity index (χ4v) is 5.36. The van der Waals surface area contributed by atoms with Crippen LogP contribution in [-0.2, 0) is 26.1 Å². The topological polar surface area (TPSA) is 36.9 Å². The quantitative estimate of drug-likeness (QED) is 0.258. The van der Waals surface area contributed by atoms with Gasteiger partial charge in [-0.3, -0.25) is 0 Å². The normalized spacial score (nSPS) is 17.4. The summed E-state index contributed by atoms with van der Waals surface area (Å²) in [5.41, 5.74) is 5.74. The van der Waals surface area contributed by atoms with Crippen molar-refractivity contribution < 1.29 is 18.9 Å². The molecule has 6 rings (SSSR count). The van der Waals surface area contributed by atoms with Crippen molar-refractivity contribution in [2.45, 2.75) is 57.8 Å². The van der Waals surface area contributed by atoms with E-state index in [1.54, 1.807) is 0 Å². The van der Waals surface area contributed by atoms with Gasteiger partial charge >= 0.3 is 0 Å². The number of rotatable bonds is 7. The van der Waals surface area contributed by atoms with E-state index in [-0.39, 0.29) is 11.5 Å². The van der Waals surface area contributed by atoms with E-state index in [4.69, 9.17) is 18.9 Å². The molecule has 0 fully saturated rings. The highest BCUT2D eigenvalue weighted by molar-refractivity contribution is 5.54. The van der Waals surface area contributed by atoms with Crippen molar-refractivity contribution in [3.05, 3.63) is 119 Å². The van der Waals surface area contributed by atoms with Crippen LogP contribution < -0.4 is 18.9 Å². The van der Waals surface area contributed by atoms with E-state index >= 15 is 0 Å². The molecule has 4 aromatic rings. The molecule has 194 valence electrons. The molecular formula is C34H34O4. The van der Waals surface area contributed by atoms with Crippen LogP contribution in [0.1, 0.15) is 54.0 Å². The first-order chi connectivity index (χ1) is 18.5. The van der Waals surface area contributed by atoms with Gasteiger partial charge in [0.05, 0.1) is 6.61 Å². The third-order valence-corrected chi connectivity index (χ3v) is 7.47. The van der Waals surface area contributed by atoms with Gasteiger partial charge in [0.2, 0.25) is 0 Å². The Kier molecular flexibility index (Phi) is 6.71. The van der Waals surface area contributed by atoms with Gasteiger partial charge in [-0.1, -0.05) is 72.8 Å². The largest absolute Gasteiger partial charge is 0.492 e. The summed E-state index contributed by atoms with van der Waals surface area (Å²) in [5, 5.41) is 0. The van der Waals surface area contributed by atoms with Crippen LogP contribution in [0.5, 0.6) is 23.0 Å². The minimum absolute atomic E-state index is 0.131. The fraction of sp³-hybridized carbons (Fsp3) is 0.294. The van der Waals surface area contributed by atoms with Crippen molar-refractivity contribution >= 4 is 0 Å². The first-order valence-corrected chi connectivity index (χ1v) is 13.5. The zero-order valence-electron chi connectivity index (χ0n) is 22.1. The van der Waals surface area contributed by atoms with Gasteiger partial charge in [-0.05, 0) is 61.9 Å². The highest BCUT2D eigenvalue weighted by Crippen LogP contribution is 2.45. The molecule has 4 heteroatoms. The summed E-state index contributed by atoms with van der Waals surface area (Å²) in [7, 11) is 0. The summed E-state index contributed by atoms with van der Waals surface area (Å²) in [6, 6.07) is 31.0. The van der Waals surface area contributed by atoms with Crippen LogP contribution in [0, 0.1) is 0 Å². The Morgan fingerprint density at radius 2 is 1.53 bits per heavy atom. The summed E-state index contributed by atoms with van der Waals surface area (Å²) in [5.74, 6) is 3.82. The molecular weight excluding hydrogens is 472 g/mol. The van der Waals surface area contributed by atoms with E-state index in [1.165, 1.54) is 11.1 Å². The lowest BCUT2D eigenvalue weighted by Crippen LogP contribution is -2.33. The average Bonchev–Trinajstić information content (AvgIpc) is 2.95. The van der Waals surface area contributed by atoms with Crippen molar-refractivity contribution in [1.29, 1.82) is 0 Å². The third-order valence-electron chi connectivity index (χ3n) is 7.47. The lowest BCUT2D eigenvalue weighted by Gasteiger charge is -2.36. The summed E-state index contributed by atoms with van der Waals surface area (Å²) < 4.78 is 25.2. The van der Waals surface area contributed by atoms with Gasteiger partial charge in [-0.2, -0.15) is 0 Å². The minimum atomic E-state index is -0.131. The summed E-state index contributed by atoms with van der Waals surface area (Å²) in [6.45, 7) is 5.93. The Morgan fingerprint density at radius 1 is 0.816 bits per heavy atom. The molecule has 0 aliphatic carbocycles. The molecule has 2 aliphatic heterocycles. The number of hydrogen-bond donors (Lipinski definition) is 0. The average molecular weight is 507 g/mol. The molecule has 0 aromatic heterocycles. The Morgan fingerprint density at radius 3 is 2.26 bits per heavy atom. The molecule has 4 nitrogen and oxygen atoms in total. The predicted molar refractivity (Wildman–Crippen MR) is 149 cm³/mol. The molecule has 0 N–H and O–H groups in total. The molecule has 1 atom stereocenters. The molecule has 0 bridgehead atoms. The molecule has 4 aromatic carbocycles. The maximum atomic E-state index is 6.44. The third kappa shape index (κ3) is 5.35. The van der Waals surface area contributed by atoms with Gasteiger partial charge in [0, 0.05) is 23.1 Å². The highest BCUT2D eigenvalue weighted by Gasteiger charge is 2.32. The zero-order chi connectivity index (χ0) is 26.0. The molecule has 0 saturated heterocycles. The summed E-state index contributed by atoms with van der Waals surface area (Å²) >= 11 is 0. The SMILES string of the molecule is CC1(C)CCc2c(ccc3c2OC[C@H](c2ccc(OCc4ccccc4)cc2OCc2ccccc2)C3)O1. The van der Waals surface area contributed by atoms with Gasteiger partial charge in [0.15, 0.2) is 0 Å². The number of fused-ring (bicyclic) bond motifs is 3. The van der Waals surface area contributed by atoms with Crippen LogP contribution in [0.25, 0.3) is 0 Å². The van der Waals surface area contributed by atoms with Crippen molar-refractivity contribution in [1.82, 2.24) is 0 Å². The van der Waals surface area contributed by atoms with E-state index in [0.717, 1.165) is 59.0 Å². The molecule has 0 unspecified atom stereocenters. The van der Waals surface area contributed by atoms with E-state index in [2.05, 4.69) is 56.3 Å². The first kappa shape index (κ1) is 24.4. The number of hydrogen-bond acceptors (Lipinski definition) is 4. The van der Waals surface area contributed by atoms with Gasteiger partial charge in [-0.25, -0.2) is 0 Å². The Bertz CT molecular complexity index is 1400. The van der Waals surface area contributed by atoms with Crippen LogP contribution in [0.2, 0.25) is 0 Å². The molecule has 2 aliphatic rings. The van der Waals surface area contributed by atoms with Crippen molar-refractivity contribution in [3.63, 3.8) is 0 Å². The second-order valence-electron chi connectivity index (χ2n) is 10.9. The standard InChI is InChI=1S/C34H34O4/c1-34(2)18-17-30-31(38-34)16-13-26-19-27(23-37-33(26)30)29-15-14-28(35-21-24-9-5-3-6-10-24)20-32(29)36-22-25-11-7-4-8-12-25/h3-16,20,27H,17-19,21-23H2,1-2H3/t27-/m1/s1. The van der Waals surface area contributed by atoms with Crippen LogP contribution >= 0.6 is 0 Å². The van der Waals surface area contributed by atoms with E-state index in [9.17, 15) is 0 Å². The molecule has 2 heterocycles.